The van der Waals surface area contributed by atoms with Crippen LogP contribution in [0.3, 0.4) is 0 Å². The summed E-state index contributed by atoms with van der Waals surface area (Å²) in [5.74, 6) is -2.86. The van der Waals surface area contributed by atoms with Gasteiger partial charge in [-0.05, 0) is 6.07 Å². The number of hydrogen-bond donors (Lipinski definition) is 0. The van der Waals surface area contributed by atoms with Crippen LogP contribution in [0.5, 0.6) is 0 Å². The Kier molecular flexibility index (Phi) is 3.77. The Hall–Kier alpha value is -1.71. The lowest BCUT2D eigenvalue weighted by Crippen LogP contribution is -2.06. The van der Waals surface area contributed by atoms with Crippen LogP contribution in [0.4, 0.5) is 8.78 Å². The van der Waals surface area contributed by atoms with E-state index >= 15 is 0 Å². The van der Waals surface area contributed by atoms with Gasteiger partial charge in [0, 0.05) is 18.1 Å². The Morgan fingerprint density at radius 3 is 2.75 bits per heavy atom. The molecule has 1 rings (SSSR count). The van der Waals surface area contributed by atoms with Crippen LogP contribution in [0, 0.1) is 0 Å². The minimum atomic E-state index is -2.86. The maximum absolute atomic E-state index is 13.1. The van der Waals surface area contributed by atoms with Gasteiger partial charge in [-0.2, -0.15) is 0 Å². The SMILES string of the molecule is C=C(N=COC)c1cccc(C(C)(F)F)c1. The average Bonchev–Trinajstić information content (AvgIpc) is 2.25. The maximum atomic E-state index is 13.1. The van der Waals surface area contributed by atoms with E-state index in [0.29, 0.717) is 11.3 Å². The van der Waals surface area contributed by atoms with Crippen molar-refractivity contribution in [1.29, 1.82) is 0 Å². The van der Waals surface area contributed by atoms with Gasteiger partial charge in [0.05, 0.1) is 12.8 Å². The molecule has 0 aliphatic carbocycles. The lowest BCUT2D eigenvalue weighted by Gasteiger charge is -2.11. The molecule has 2 nitrogen and oxygen atoms in total. The molecule has 0 radical (unpaired) electrons. The van der Waals surface area contributed by atoms with Crippen molar-refractivity contribution in [3.8, 4) is 0 Å². The van der Waals surface area contributed by atoms with Crippen LogP contribution in [-0.2, 0) is 10.7 Å². The minimum Gasteiger partial charge on any atom is -0.486 e. The largest absolute Gasteiger partial charge is 0.486 e. The molecular formula is C12H13F2NO. The van der Waals surface area contributed by atoms with Crippen LogP contribution < -0.4 is 0 Å². The molecule has 86 valence electrons. The van der Waals surface area contributed by atoms with E-state index in [0.717, 1.165) is 6.92 Å². The molecule has 0 aromatic heterocycles. The molecule has 0 amide bonds. The fraction of sp³-hybridized carbons (Fsp3) is 0.250. The summed E-state index contributed by atoms with van der Waals surface area (Å²) in [6.45, 7) is 4.52. The number of ether oxygens (including phenoxy) is 1. The highest BCUT2D eigenvalue weighted by Crippen LogP contribution is 2.28. The third kappa shape index (κ3) is 3.15. The summed E-state index contributed by atoms with van der Waals surface area (Å²) >= 11 is 0. The Bertz CT molecular complexity index is 408. The van der Waals surface area contributed by atoms with E-state index in [1.54, 1.807) is 12.1 Å². The van der Waals surface area contributed by atoms with Gasteiger partial charge in [0.2, 0.25) is 0 Å². The lowest BCUT2D eigenvalue weighted by molar-refractivity contribution is 0.0174. The van der Waals surface area contributed by atoms with E-state index in [1.807, 2.05) is 0 Å². The molecule has 16 heavy (non-hydrogen) atoms. The molecule has 0 atom stereocenters. The lowest BCUT2D eigenvalue weighted by atomic mass is 10.1. The number of benzene rings is 1. The fourth-order valence-electron chi connectivity index (χ4n) is 1.16. The van der Waals surface area contributed by atoms with E-state index in [2.05, 4.69) is 16.3 Å². The van der Waals surface area contributed by atoms with Crippen molar-refractivity contribution in [3.63, 3.8) is 0 Å². The molecule has 0 heterocycles. The highest BCUT2D eigenvalue weighted by Gasteiger charge is 2.24. The summed E-state index contributed by atoms with van der Waals surface area (Å²) in [7, 11) is 1.45. The Morgan fingerprint density at radius 1 is 1.50 bits per heavy atom. The Balaban J connectivity index is 2.99. The van der Waals surface area contributed by atoms with Crippen LogP contribution >= 0.6 is 0 Å². The molecule has 4 heteroatoms. The van der Waals surface area contributed by atoms with Crippen molar-refractivity contribution < 1.29 is 13.5 Å². The smallest absolute Gasteiger partial charge is 0.270 e. The number of halogens is 2. The van der Waals surface area contributed by atoms with E-state index in [-0.39, 0.29) is 5.56 Å². The van der Waals surface area contributed by atoms with Gasteiger partial charge in [-0.3, -0.25) is 0 Å². The Morgan fingerprint density at radius 2 is 2.19 bits per heavy atom. The summed E-state index contributed by atoms with van der Waals surface area (Å²) in [5.41, 5.74) is 0.874. The standard InChI is InChI=1S/C12H13F2NO/c1-9(15-8-16-3)10-5-4-6-11(7-10)12(2,13)14/h4-8H,1H2,2-3H3. The van der Waals surface area contributed by atoms with Gasteiger partial charge in [-0.1, -0.05) is 24.8 Å². The van der Waals surface area contributed by atoms with Crippen molar-refractivity contribution in [2.75, 3.05) is 7.11 Å². The summed E-state index contributed by atoms with van der Waals surface area (Å²) in [4.78, 5) is 3.85. The first kappa shape index (κ1) is 12.4. The van der Waals surface area contributed by atoms with Crippen molar-refractivity contribution in [2.24, 2.45) is 4.99 Å². The second kappa shape index (κ2) is 4.88. The fourth-order valence-corrected chi connectivity index (χ4v) is 1.16. The monoisotopic (exact) mass is 225 g/mol. The van der Waals surface area contributed by atoms with E-state index < -0.39 is 5.92 Å². The molecule has 0 N–H and O–H groups in total. The average molecular weight is 225 g/mol. The molecule has 0 spiro atoms. The molecular weight excluding hydrogens is 212 g/mol. The van der Waals surface area contributed by atoms with Crippen molar-refractivity contribution in [1.82, 2.24) is 0 Å². The molecule has 0 saturated heterocycles. The van der Waals surface area contributed by atoms with E-state index in [1.165, 1.54) is 25.6 Å². The third-order valence-corrected chi connectivity index (χ3v) is 2.02. The third-order valence-electron chi connectivity index (χ3n) is 2.02. The van der Waals surface area contributed by atoms with Gasteiger partial charge >= 0.3 is 0 Å². The number of nitrogens with zero attached hydrogens (tertiary/aromatic N) is 1. The summed E-state index contributed by atoms with van der Waals surface area (Å²) in [6.07, 6.45) is 1.21. The van der Waals surface area contributed by atoms with Gasteiger partial charge in [-0.25, -0.2) is 13.8 Å². The van der Waals surface area contributed by atoms with Crippen molar-refractivity contribution in [2.45, 2.75) is 12.8 Å². The van der Waals surface area contributed by atoms with Gasteiger partial charge in [0.1, 0.15) is 0 Å². The van der Waals surface area contributed by atoms with Crippen LogP contribution in [0.25, 0.3) is 5.70 Å². The van der Waals surface area contributed by atoms with Gasteiger partial charge in [0.25, 0.3) is 5.92 Å². The zero-order valence-electron chi connectivity index (χ0n) is 9.21. The quantitative estimate of drug-likeness (QED) is 0.568. The van der Waals surface area contributed by atoms with Crippen LogP contribution in [-0.4, -0.2) is 13.5 Å². The molecule has 0 aliphatic heterocycles. The Labute approximate surface area is 93.3 Å². The number of methoxy groups -OCH3 is 1. The first-order valence-electron chi connectivity index (χ1n) is 4.68. The topological polar surface area (TPSA) is 21.6 Å². The molecule has 0 saturated carbocycles. The second-order valence-electron chi connectivity index (χ2n) is 3.39. The zero-order valence-corrected chi connectivity index (χ0v) is 9.21. The molecule has 1 aromatic carbocycles. The molecule has 0 unspecified atom stereocenters. The van der Waals surface area contributed by atoms with Crippen LogP contribution in [0.2, 0.25) is 0 Å². The molecule has 0 fully saturated rings. The van der Waals surface area contributed by atoms with Crippen molar-refractivity contribution in [3.05, 3.63) is 42.0 Å². The number of rotatable bonds is 4. The van der Waals surface area contributed by atoms with Gasteiger partial charge in [0.15, 0.2) is 6.40 Å². The summed E-state index contributed by atoms with van der Waals surface area (Å²) < 4.78 is 30.7. The second-order valence-corrected chi connectivity index (χ2v) is 3.39. The first-order chi connectivity index (χ1) is 7.45. The maximum Gasteiger partial charge on any atom is 0.270 e. The van der Waals surface area contributed by atoms with Crippen LogP contribution in [0.15, 0.2) is 35.8 Å². The first-order valence-corrected chi connectivity index (χ1v) is 4.68. The number of hydrogen-bond acceptors (Lipinski definition) is 2. The number of alkyl halides is 2. The summed E-state index contributed by atoms with van der Waals surface area (Å²) in [6, 6.07) is 5.96. The van der Waals surface area contributed by atoms with E-state index in [9.17, 15) is 8.78 Å². The molecule has 0 bridgehead atoms. The predicted octanol–water partition coefficient (Wildman–Crippen LogP) is 3.44. The van der Waals surface area contributed by atoms with Crippen molar-refractivity contribution >= 4 is 12.1 Å². The highest BCUT2D eigenvalue weighted by atomic mass is 19.3. The normalized spacial score (nSPS) is 11.8. The molecule has 0 aliphatic rings. The van der Waals surface area contributed by atoms with Gasteiger partial charge < -0.3 is 4.74 Å². The molecule has 1 aromatic rings. The number of aliphatic imine (C=N–C) groups is 1. The predicted molar refractivity (Wildman–Crippen MR) is 60.5 cm³/mol. The highest BCUT2D eigenvalue weighted by molar-refractivity contribution is 5.69. The minimum absolute atomic E-state index is 0.0567. The summed E-state index contributed by atoms with van der Waals surface area (Å²) in [5, 5.41) is 0. The van der Waals surface area contributed by atoms with Gasteiger partial charge in [-0.15, -0.1) is 0 Å². The van der Waals surface area contributed by atoms with Crippen LogP contribution in [0.1, 0.15) is 18.1 Å². The van der Waals surface area contributed by atoms with E-state index in [4.69, 9.17) is 0 Å². The zero-order chi connectivity index (χ0) is 12.2.